The molecule has 0 saturated carbocycles. The van der Waals surface area contributed by atoms with E-state index in [1.807, 2.05) is 0 Å². The lowest BCUT2D eigenvalue weighted by atomic mass is 10.1. The third-order valence-corrected chi connectivity index (χ3v) is 3.08. The molecule has 1 atom stereocenters. The van der Waals surface area contributed by atoms with Crippen molar-refractivity contribution in [1.29, 1.82) is 0 Å². The van der Waals surface area contributed by atoms with Crippen molar-refractivity contribution in [2.45, 2.75) is 12.6 Å². The van der Waals surface area contributed by atoms with Gasteiger partial charge in [-0.25, -0.2) is 4.68 Å². The summed E-state index contributed by atoms with van der Waals surface area (Å²) in [6, 6.07) is 5.20. The van der Waals surface area contributed by atoms with Crippen molar-refractivity contribution in [2.75, 3.05) is 26.6 Å². The molecular formula is C12H16ClN5O2. The number of nitrogens with two attached hydrogens (primary N) is 1. The average molecular weight is 298 g/mol. The first-order valence-corrected chi connectivity index (χ1v) is 6.36. The van der Waals surface area contributed by atoms with E-state index in [4.69, 9.17) is 26.8 Å². The number of hydrogen-bond acceptors (Lipinski definition) is 6. The van der Waals surface area contributed by atoms with Gasteiger partial charge in [-0.15, -0.1) is 5.10 Å². The standard InChI is InChI=1S/C12H16ClN5O2/c1-19-7-9(20-2)6-18-12(15-16-17-18)10-4-3-8(13)5-11(10)14/h3-5,9H,6-7,14H2,1-2H3. The van der Waals surface area contributed by atoms with Crippen LogP contribution in [0.5, 0.6) is 0 Å². The molecule has 108 valence electrons. The molecule has 7 nitrogen and oxygen atoms in total. The molecular weight excluding hydrogens is 282 g/mol. The van der Waals surface area contributed by atoms with Crippen LogP contribution in [0.3, 0.4) is 0 Å². The van der Waals surface area contributed by atoms with Gasteiger partial charge in [-0.1, -0.05) is 11.6 Å². The van der Waals surface area contributed by atoms with Crippen molar-refractivity contribution in [3.8, 4) is 11.4 Å². The molecule has 0 spiro atoms. The van der Waals surface area contributed by atoms with Gasteiger partial charge in [0.2, 0.25) is 0 Å². The SMILES string of the molecule is COCC(Cn1nnnc1-c1ccc(Cl)cc1N)OC. The molecule has 0 aliphatic rings. The van der Waals surface area contributed by atoms with Crippen molar-refractivity contribution >= 4 is 17.3 Å². The molecule has 2 N–H and O–H groups in total. The fourth-order valence-corrected chi connectivity index (χ4v) is 2.01. The highest BCUT2D eigenvalue weighted by Crippen LogP contribution is 2.26. The van der Waals surface area contributed by atoms with E-state index in [1.165, 1.54) is 0 Å². The lowest BCUT2D eigenvalue weighted by Gasteiger charge is -2.15. The van der Waals surface area contributed by atoms with Crippen molar-refractivity contribution in [1.82, 2.24) is 20.2 Å². The summed E-state index contributed by atoms with van der Waals surface area (Å²) in [6.07, 6.45) is -0.143. The van der Waals surface area contributed by atoms with Crippen LogP contribution in [-0.4, -0.2) is 47.1 Å². The minimum Gasteiger partial charge on any atom is -0.398 e. The molecule has 20 heavy (non-hydrogen) atoms. The monoisotopic (exact) mass is 297 g/mol. The van der Waals surface area contributed by atoms with Gasteiger partial charge in [0.1, 0.15) is 6.10 Å². The molecule has 1 aromatic heterocycles. The van der Waals surface area contributed by atoms with Crippen LogP contribution in [0.1, 0.15) is 0 Å². The maximum absolute atomic E-state index is 5.95. The minimum atomic E-state index is -0.143. The zero-order valence-electron chi connectivity index (χ0n) is 11.3. The van der Waals surface area contributed by atoms with Gasteiger partial charge in [-0.3, -0.25) is 0 Å². The Balaban J connectivity index is 2.28. The van der Waals surface area contributed by atoms with Crippen molar-refractivity contribution in [2.24, 2.45) is 0 Å². The number of hydrogen-bond donors (Lipinski definition) is 1. The van der Waals surface area contributed by atoms with Gasteiger partial charge in [0.25, 0.3) is 0 Å². The fraction of sp³-hybridized carbons (Fsp3) is 0.417. The summed E-state index contributed by atoms with van der Waals surface area (Å²) < 4.78 is 12.0. The molecule has 0 bridgehead atoms. The highest BCUT2D eigenvalue weighted by molar-refractivity contribution is 6.31. The molecule has 0 radical (unpaired) electrons. The second-order valence-corrected chi connectivity index (χ2v) is 4.67. The van der Waals surface area contributed by atoms with Crippen molar-refractivity contribution in [3.63, 3.8) is 0 Å². The summed E-state index contributed by atoms with van der Waals surface area (Å²) in [5.41, 5.74) is 7.21. The third-order valence-electron chi connectivity index (χ3n) is 2.85. The molecule has 2 rings (SSSR count). The molecule has 1 aromatic carbocycles. The van der Waals surface area contributed by atoms with E-state index < -0.39 is 0 Å². The highest BCUT2D eigenvalue weighted by Gasteiger charge is 2.16. The van der Waals surface area contributed by atoms with Crippen LogP contribution < -0.4 is 5.73 Å². The number of halogens is 1. The summed E-state index contributed by atoms with van der Waals surface area (Å²) >= 11 is 5.89. The maximum atomic E-state index is 5.95. The second-order valence-electron chi connectivity index (χ2n) is 4.23. The van der Waals surface area contributed by atoms with E-state index in [9.17, 15) is 0 Å². The maximum Gasteiger partial charge on any atom is 0.184 e. The molecule has 2 aromatic rings. The van der Waals surface area contributed by atoms with Gasteiger partial charge < -0.3 is 15.2 Å². The molecule has 0 saturated heterocycles. The second kappa shape index (κ2) is 6.65. The van der Waals surface area contributed by atoms with E-state index in [0.717, 1.165) is 5.56 Å². The Morgan fingerprint density at radius 2 is 2.20 bits per heavy atom. The van der Waals surface area contributed by atoms with E-state index in [0.29, 0.717) is 29.7 Å². The van der Waals surface area contributed by atoms with Crippen LogP contribution in [0, 0.1) is 0 Å². The van der Waals surface area contributed by atoms with Gasteiger partial charge in [0.15, 0.2) is 5.82 Å². The Bertz CT molecular complexity index is 575. The zero-order valence-corrected chi connectivity index (χ0v) is 12.0. The number of nitrogens with zero attached hydrogens (tertiary/aromatic N) is 4. The zero-order chi connectivity index (χ0) is 14.5. The number of tetrazole rings is 1. The van der Waals surface area contributed by atoms with Crippen LogP contribution in [0.25, 0.3) is 11.4 Å². The van der Waals surface area contributed by atoms with Crippen LogP contribution in [0.2, 0.25) is 5.02 Å². The summed E-state index contributed by atoms with van der Waals surface area (Å²) in [6.45, 7) is 0.917. The number of ether oxygens (including phenoxy) is 2. The van der Waals surface area contributed by atoms with Gasteiger partial charge in [-0.2, -0.15) is 0 Å². The number of anilines is 1. The van der Waals surface area contributed by atoms with Crippen molar-refractivity contribution in [3.05, 3.63) is 23.2 Å². The van der Waals surface area contributed by atoms with Gasteiger partial charge in [0.05, 0.1) is 13.2 Å². The molecule has 1 heterocycles. The smallest absolute Gasteiger partial charge is 0.184 e. The molecule has 0 amide bonds. The van der Waals surface area contributed by atoms with Crippen LogP contribution in [-0.2, 0) is 16.0 Å². The number of benzene rings is 1. The van der Waals surface area contributed by atoms with Crippen LogP contribution in [0.4, 0.5) is 5.69 Å². The van der Waals surface area contributed by atoms with E-state index in [-0.39, 0.29) is 6.10 Å². The lowest BCUT2D eigenvalue weighted by molar-refractivity contribution is 0.0163. The van der Waals surface area contributed by atoms with Gasteiger partial charge >= 0.3 is 0 Å². The molecule has 8 heteroatoms. The summed E-state index contributed by atoms with van der Waals surface area (Å²) in [5.74, 6) is 0.567. The van der Waals surface area contributed by atoms with E-state index in [1.54, 1.807) is 37.1 Å². The van der Waals surface area contributed by atoms with Crippen LogP contribution in [0.15, 0.2) is 18.2 Å². The topological polar surface area (TPSA) is 88.1 Å². The number of methoxy groups -OCH3 is 2. The number of aromatic nitrogens is 4. The van der Waals surface area contributed by atoms with Crippen LogP contribution >= 0.6 is 11.6 Å². The summed E-state index contributed by atoms with van der Waals surface area (Å²) in [7, 11) is 3.23. The number of rotatable bonds is 6. The van der Waals surface area contributed by atoms with E-state index in [2.05, 4.69) is 15.5 Å². The Morgan fingerprint density at radius 3 is 2.85 bits per heavy atom. The van der Waals surface area contributed by atoms with Crippen molar-refractivity contribution < 1.29 is 9.47 Å². The lowest BCUT2D eigenvalue weighted by Crippen LogP contribution is -2.25. The molecule has 0 aliphatic heterocycles. The van der Waals surface area contributed by atoms with E-state index >= 15 is 0 Å². The molecule has 0 fully saturated rings. The Labute approximate surface area is 121 Å². The Morgan fingerprint density at radius 1 is 1.40 bits per heavy atom. The minimum absolute atomic E-state index is 0.143. The fourth-order valence-electron chi connectivity index (χ4n) is 1.83. The summed E-state index contributed by atoms with van der Waals surface area (Å²) in [5, 5.41) is 12.2. The van der Waals surface area contributed by atoms with Gasteiger partial charge in [0, 0.05) is 30.5 Å². The Kier molecular flexibility index (Phi) is 4.89. The molecule has 0 aliphatic carbocycles. The molecule has 1 unspecified atom stereocenters. The first-order chi connectivity index (χ1) is 9.65. The third kappa shape index (κ3) is 3.24. The largest absolute Gasteiger partial charge is 0.398 e. The first-order valence-electron chi connectivity index (χ1n) is 5.99. The number of nitrogen functional groups attached to an aromatic ring is 1. The average Bonchev–Trinajstić information content (AvgIpc) is 2.86. The summed E-state index contributed by atoms with van der Waals surface area (Å²) in [4.78, 5) is 0. The highest BCUT2D eigenvalue weighted by atomic mass is 35.5. The van der Waals surface area contributed by atoms with Gasteiger partial charge in [-0.05, 0) is 28.6 Å². The quantitative estimate of drug-likeness (QED) is 0.807. The first kappa shape index (κ1) is 14.7. The predicted molar refractivity (Wildman–Crippen MR) is 75.3 cm³/mol. The normalized spacial score (nSPS) is 12.6. The Hall–Kier alpha value is -1.70. The predicted octanol–water partition coefficient (Wildman–Crippen LogP) is 1.24.